The minimum absolute atomic E-state index is 0.0498. The van der Waals surface area contributed by atoms with Crippen LogP contribution in [0.1, 0.15) is 60.9 Å². The Morgan fingerprint density at radius 2 is 2.12 bits per heavy atom. The predicted octanol–water partition coefficient (Wildman–Crippen LogP) is 3.38. The van der Waals surface area contributed by atoms with E-state index in [1.54, 1.807) is 6.20 Å². The average Bonchev–Trinajstić information content (AvgIpc) is 3.68. The van der Waals surface area contributed by atoms with Crippen LogP contribution in [0.3, 0.4) is 0 Å². The quantitative estimate of drug-likeness (QED) is 0.345. The maximum Gasteiger partial charge on any atom is 0.312 e. The molecule has 3 atom stereocenters. The normalized spacial score (nSPS) is 21.8. The minimum atomic E-state index is -0.954. The Hall–Kier alpha value is -3.50. The van der Waals surface area contributed by atoms with Crippen molar-refractivity contribution in [1.82, 2.24) is 25.0 Å². The molecule has 2 saturated heterocycles. The van der Waals surface area contributed by atoms with Gasteiger partial charge in [-0.25, -0.2) is 4.98 Å². The lowest BCUT2D eigenvalue weighted by Gasteiger charge is -2.32. The van der Waals surface area contributed by atoms with Crippen LogP contribution < -0.4 is 10.6 Å². The van der Waals surface area contributed by atoms with E-state index >= 15 is 0 Å². The number of aliphatic carboxylic acids is 1. The van der Waals surface area contributed by atoms with Gasteiger partial charge in [0.15, 0.2) is 0 Å². The Kier molecular flexibility index (Phi) is 8.48. The molecule has 1 aromatic carbocycles. The van der Waals surface area contributed by atoms with Gasteiger partial charge in [-0.2, -0.15) is 5.10 Å². The highest BCUT2D eigenvalue weighted by molar-refractivity contribution is 5.89. The Morgan fingerprint density at radius 3 is 2.98 bits per heavy atom. The van der Waals surface area contributed by atoms with Gasteiger partial charge < -0.3 is 25.4 Å². The van der Waals surface area contributed by atoms with Crippen LogP contribution in [0.15, 0.2) is 36.5 Å². The van der Waals surface area contributed by atoms with Crippen LogP contribution in [-0.2, 0) is 27.2 Å². The number of hydrogen-bond acceptors (Lipinski definition) is 7. The van der Waals surface area contributed by atoms with Gasteiger partial charge in [0, 0.05) is 37.3 Å². The zero-order chi connectivity index (χ0) is 28.2. The molecule has 0 saturated carbocycles. The molecular weight excluding hydrogens is 520 g/mol. The summed E-state index contributed by atoms with van der Waals surface area (Å²) < 4.78 is 7.46. The molecule has 5 heterocycles. The molecule has 0 unspecified atom stereocenters. The monoisotopic (exact) mass is 560 g/mol. The molecule has 10 nitrogen and oxygen atoms in total. The van der Waals surface area contributed by atoms with E-state index in [4.69, 9.17) is 9.72 Å². The van der Waals surface area contributed by atoms with Gasteiger partial charge in [0.05, 0.1) is 30.3 Å². The Bertz CT molecular complexity index is 1380. The molecule has 0 aliphatic carbocycles. The zero-order valence-corrected chi connectivity index (χ0v) is 23.6. The summed E-state index contributed by atoms with van der Waals surface area (Å²) in [6.07, 6.45) is 8.57. The van der Waals surface area contributed by atoms with Crippen LogP contribution in [0.4, 0.5) is 5.82 Å². The lowest BCUT2D eigenvalue weighted by atomic mass is 9.94. The molecule has 0 radical (unpaired) electrons. The first kappa shape index (κ1) is 27.7. The van der Waals surface area contributed by atoms with Crippen LogP contribution in [0.25, 0.3) is 10.9 Å². The van der Waals surface area contributed by atoms with Crippen molar-refractivity contribution in [2.24, 2.45) is 5.92 Å². The third-order valence-corrected chi connectivity index (χ3v) is 8.79. The summed E-state index contributed by atoms with van der Waals surface area (Å²) in [4.78, 5) is 32.8. The molecule has 0 bridgehead atoms. The van der Waals surface area contributed by atoms with E-state index in [2.05, 4.69) is 32.8 Å². The molecule has 218 valence electrons. The van der Waals surface area contributed by atoms with Gasteiger partial charge in [-0.05, 0) is 75.2 Å². The number of benzene rings is 1. The minimum Gasteiger partial charge on any atom is -0.481 e. The fourth-order valence-corrected chi connectivity index (χ4v) is 6.55. The van der Waals surface area contributed by atoms with E-state index < -0.39 is 11.9 Å². The molecule has 1 amide bonds. The second-order valence-electron chi connectivity index (χ2n) is 11.6. The number of aromatic nitrogens is 3. The number of amides is 1. The predicted molar refractivity (Wildman–Crippen MR) is 156 cm³/mol. The van der Waals surface area contributed by atoms with Gasteiger partial charge >= 0.3 is 5.97 Å². The van der Waals surface area contributed by atoms with E-state index in [1.165, 1.54) is 5.56 Å². The standard InChI is InChI=1S/C31H40N6O4/c38-30(23-7-3-14-36(19-23)15-4-8-24-11-10-21-6-2-13-32-29(21)35-24)33-18-27(31(39)40)26-9-1-5-22-17-34-37(28(22)26)25-12-16-41-20-25/h1,5,9-11,17,23,25,27H,2-4,6-8,12-16,18-20H2,(H,32,35)(H,33,38)(H,39,40)/t23-,25+,27+/m1/s1. The van der Waals surface area contributed by atoms with Crippen molar-refractivity contribution < 1.29 is 19.4 Å². The molecule has 3 aliphatic rings. The maximum absolute atomic E-state index is 13.2. The molecule has 10 heteroatoms. The summed E-state index contributed by atoms with van der Waals surface area (Å²) >= 11 is 0. The topological polar surface area (TPSA) is 122 Å². The van der Waals surface area contributed by atoms with Gasteiger partial charge in [-0.15, -0.1) is 0 Å². The Labute approximate surface area is 240 Å². The van der Waals surface area contributed by atoms with Crippen LogP contribution in [0, 0.1) is 5.92 Å². The molecule has 6 rings (SSSR count). The number of carbonyl (C=O) groups excluding carboxylic acids is 1. The first-order valence-corrected chi connectivity index (χ1v) is 15.1. The van der Waals surface area contributed by atoms with Crippen molar-refractivity contribution >= 4 is 28.6 Å². The van der Waals surface area contributed by atoms with Gasteiger partial charge in [0.25, 0.3) is 0 Å². The van der Waals surface area contributed by atoms with Crippen LogP contribution in [0.2, 0.25) is 0 Å². The molecule has 3 N–H and O–H groups in total. The fourth-order valence-electron chi connectivity index (χ4n) is 6.55. The third-order valence-electron chi connectivity index (χ3n) is 8.79. The molecular formula is C31H40N6O4. The maximum atomic E-state index is 13.2. The van der Waals surface area contributed by atoms with E-state index in [9.17, 15) is 14.7 Å². The molecule has 2 aromatic heterocycles. The van der Waals surface area contributed by atoms with Gasteiger partial charge in [-0.1, -0.05) is 24.3 Å². The number of carboxylic acid groups (broad SMARTS) is 1. The smallest absolute Gasteiger partial charge is 0.312 e. The van der Waals surface area contributed by atoms with Crippen molar-refractivity contribution in [3.8, 4) is 0 Å². The number of nitrogens with zero attached hydrogens (tertiary/aromatic N) is 4. The number of carboxylic acids is 1. The number of piperidine rings is 1. The van der Waals surface area contributed by atoms with Crippen molar-refractivity contribution in [2.45, 2.75) is 56.9 Å². The fraction of sp³-hybridized carbons (Fsp3) is 0.548. The second-order valence-corrected chi connectivity index (χ2v) is 11.6. The highest BCUT2D eigenvalue weighted by Gasteiger charge is 2.30. The molecule has 2 fully saturated rings. The molecule has 3 aliphatic heterocycles. The number of pyridine rings is 1. The number of likely N-dealkylation sites (tertiary alicyclic amines) is 1. The van der Waals surface area contributed by atoms with Crippen molar-refractivity contribution in [3.63, 3.8) is 0 Å². The molecule has 41 heavy (non-hydrogen) atoms. The lowest BCUT2D eigenvalue weighted by molar-refractivity contribution is -0.138. The number of para-hydroxylation sites is 1. The first-order valence-electron chi connectivity index (χ1n) is 15.1. The number of anilines is 1. The number of rotatable bonds is 10. The SMILES string of the molecule is O=C(NC[C@H](C(=O)O)c1cccc2cnn([C@H]3CCOC3)c12)[C@@H]1CCCN(CCCc2ccc3c(n2)NCCC3)C1. The largest absolute Gasteiger partial charge is 0.481 e. The van der Waals surface area contributed by atoms with E-state index in [0.29, 0.717) is 25.3 Å². The molecule has 0 spiro atoms. The number of fused-ring (bicyclic) bond motifs is 2. The van der Waals surface area contributed by atoms with Crippen LogP contribution in [0.5, 0.6) is 0 Å². The number of nitrogens with one attached hydrogen (secondary N) is 2. The lowest BCUT2D eigenvalue weighted by Crippen LogP contribution is -2.44. The summed E-state index contributed by atoms with van der Waals surface area (Å²) in [6.45, 7) is 4.89. The van der Waals surface area contributed by atoms with Gasteiger partial charge in [-0.3, -0.25) is 14.3 Å². The zero-order valence-electron chi connectivity index (χ0n) is 23.6. The summed E-state index contributed by atoms with van der Waals surface area (Å²) in [5.41, 5.74) is 3.91. The van der Waals surface area contributed by atoms with Gasteiger partial charge in [0.1, 0.15) is 11.7 Å². The van der Waals surface area contributed by atoms with Crippen LogP contribution >= 0.6 is 0 Å². The van der Waals surface area contributed by atoms with Crippen molar-refractivity contribution in [1.29, 1.82) is 0 Å². The van der Waals surface area contributed by atoms with Crippen LogP contribution in [-0.4, -0.2) is 82.6 Å². The van der Waals surface area contributed by atoms with E-state index in [-0.39, 0.29) is 24.4 Å². The summed E-state index contributed by atoms with van der Waals surface area (Å²) in [6, 6.07) is 10.1. The number of aryl methyl sites for hydroxylation is 2. The van der Waals surface area contributed by atoms with Crippen molar-refractivity contribution in [2.75, 3.05) is 51.3 Å². The summed E-state index contributed by atoms with van der Waals surface area (Å²) in [5.74, 6) is -0.978. The second kappa shape index (κ2) is 12.6. The summed E-state index contributed by atoms with van der Waals surface area (Å²) in [7, 11) is 0. The number of ether oxygens (including phenoxy) is 1. The molecule has 3 aromatic rings. The Morgan fingerprint density at radius 1 is 1.20 bits per heavy atom. The van der Waals surface area contributed by atoms with Crippen molar-refractivity contribution in [3.05, 3.63) is 53.3 Å². The first-order chi connectivity index (χ1) is 20.1. The Balaban J connectivity index is 1.05. The number of carbonyl (C=O) groups is 2. The highest BCUT2D eigenvalue weighted by atomic mass is 16.5. The van der Waals surface area contributed by atoms with Gasteiger partial charge in [0.2, 0.25) is 5.91 Å². The number of hydrogen-bond donors (Lipinski definition) is 3. The van der Waals surface area contributed by atoms with E-state index in [1.807, 2.05) is 22.9 Å². The average molecular weight is 561 g/mol. The third kappa shape index (κ3) is 6.23. The van der Waals surface area contributed by atoms with E-state index in [0.717, 1.165) is 87.0 Å². The summed E-state index contributed by atoms with van der Waals surface area (Å²) in [5, 5.41) is 22.0. The highest BCUT2D eigenvalue weighted by Crippen LogP contribution is 2.31.